The third kappa shape index (κ3) is 5.71. The molecule has 1 heterocycles. The Balaban J connectivity index is 1.92. The number of rotatable bonds is 9. The molecule has 1 aliphatic heterocycles. The molecule has 0 radical (unpaired) electrons. The molecule has 0 spiro atoms. The van der Waals surface area contributed by atoms with Crippen LogP contribution in [-0.2, 0) is 14.3 Å². The summed E-state index contributed by atoms with van der Waals surface area (Å²) < 4.78 is 16.7. The van der Waals surface area contributed by atoms with Crippen LogP contribution in [0.15, 0.2) is 72.3 Å². The number of carbonyl (C=O) groups excluding carboxylic acids is 3. The van der Waals surface area contributed by atoms with Crippen molar-refractivity contribution in [2.75, 3.05) is 18.1 Å². The highest BCUT2D eigenvalue weighted by molar-refractivity contribution is 6.51. The zero-order chi connectivity index (χ0) is 29.0. The first-order valence-corrected chi connectivity index (χ1v) is 13.2. The highest BCUT2D eigenvalue weighted by Gasteiger charge is 2.47. The van der Waals surface area contributed by atoms with Crippen LogP contribution in [0.2, 0.25) is 0 Å². The number of hydrogen-bond donors (Lipinski definition) is 1. The summed E-state index contributed by atoms with van der Waals surface area (Å²) in [6, 6.07) is 17.7. The Bertz CT molecular complexity index is 1470. The van der Waals surface area contributed by atoms with E-state index in [0.29, 0.717) is 36.0 Å². The third-order valence-corrected chi connectivity index (χ3v) is 6.32. The van der Waals surface area contributed by atoms with Crippen molar-refractivity contribution in [1.82, 2.24) is 0 Å². The molecule has 0 aromatic heterocycles. The number of hydrogen-bond acceptors (Lipinski definition) is 7. The number of esters is 1. The minimum atomic E-state index is -0.961. The lowest BCUT2D eigenvalue weighted by molar-refractivity contribution is -0.132. The van der Waals surface area contributed by atoms with Gasteiger partial charge in [0.2, 0.25) is 0 Å². The highest BCUT2D eigenvalue weighted by atomic mass is 16.5. The predicted molar refractivity (Wildman–Crippen MR) is 152 cm³/mol. The maximum atomic E-state index is 13.6. The summed E-state index contributed by atoms with van der Waals surface area (Å²) in [7, 11) is 0. The quantitative estimate of drug-likeness (QED) is 0.153. The molecule has 0 bridgehead atoms. The fourth-order valence-electron chi connectivity index (χ4n) is 4.69. The molecule has 8 nitrogen and oxygen atoms in total. The number of aryl methyl sites for hydroxylation is 1. The lowest BCUT2D eigenvalue weighted by Crippen LogP contribution is -2.29. The van der Waals surface area contributed by atoms with E-state index in [0.717, 1.165) is 5.56 Å². The molecule has 40 heavy (non-hydrogen) atoms. The van der Waals surface area contributed by atoms with Crippen molar-refractivity contribution in [1.29, 1.82) is 0 Å². The van der Waals surface area contributed by atoms with Crippen molar-refractivity contribution in [3.63, 3.8) is 0 Å². The van der Waals surface area contributed by atoms with Crippen LogP contribution in [0.3, 0.4) is 0 Å². The van der Waals surface area contributed by atoms with Gasteiger partial charge in [0.25, 0.3) is 11.7 Å². The average molecular weight is 544 g/mol. The molecule has 4 rings (SSSR count). The van der Waals surface area contributed by atoms with Crippen molar-refractivity contribution in [2.45, 2.75) is 46.8 Å². The molecule has 0 aliphatic carbocycles. The van der Waals surface area contributed by atoms with Gasteiger partial charge in [-0.2, -0.15) is 0 Å². The molecule has 1 amide bonds. The number of ether oxygens (including phenoxy) is 3. The summed E-state index contributed by atoms with van der Waals surface area (Å²) in [5, 5.41) is 11.6. The van der Waals surface area contributed by atoms with E-state index in [9.17, 15) is 19.5 Å². The lowest BCUT2D eigenvalue weighted by atomic mass is 9.94. The van der Waals surface area contributed by atoms with Gasteiger partial charge in [0.15, 0.2) is 0 Å². The second-order valence-corrected chi connectivity index (χ2v) is 9.61. The van der Waals surface area contributed by atoms with Crippen LogP contribution in [0.1, 0.15) is 60.8 Å². The molecule has 1 atom stereocenters. The van der Waals surface area contributed by atoms with E-state index < -0.39 is 23.7 Å². The van der Waals surface area contributed by atoms with Crippen LogP contribution in [-0.4, -0.2) is 42.1 Å². The fourth-order valence-corrected chi connectivity index (χ4v) is 4.69. The van der Waals surface area contributed by atoms with Crippen LogP contribution < -0.4 is 14.4 Å². The Morgan fingerprint density at radius 3 is 2.35 bits per heavy atom. The van der Waals surface area contributed by atoms with Gasteiger partial charge in [-0.15, -0.1) is 0 Å². The summed E-state index contributed by atoms with van der Waals surface area (Å²) in [5.41, 5.74) is 2.27. The van der Waals surface area contributed by atoms with Gasteiger partial charge in [-0.25, -0.2) is 4.79 Å². The molecule has 3 aromatic rings. The molecule has 1 fully saturated rings. The number of Topliss-reactive ketones (excluding diaryl/α,β-unsaturated/α-hetero) is 1. The van der Waals surface area contributed by atoms with E-state index in [1.807, 2.05) is 32.0 Å². The van der Waals surface area contributed by atoms with Crippen molar-refractivity contribution in [2.24, 2.45) is 0 Å². The Morgan fingerprint density at radius 2 is 1.68 bits per heavy atom. The standard InChI is InChI=1S/C32H33NO7/c1-6-38-24-14-15-25(26(18-24)39-7-2)29(34)27-28(21-11-8-10-20(5)16-21)33(31(36)30(27)35)23-13-9-12-22(17-23)32(37)40-19(3)4/h8-19,28,34H,6-7H2,1-5H3/b29-27-. The predicted octanol–water partition coefficient (Wildman–Crippen LogP) is 5.98. The third-order valence-electron chi connectivity index (χ3n) is 6.32. The summed E-state index contributed by atoms with van der Waals surface area (Å²) in [6.45, 7) is 9.81. The van der Waals surface area contributed by atoms with E-state index in [1.54, 1.807) is 63.2 Å². The van der Waals surface area contributed by atoms with Gasteiger partial charge in [-0.1, -0.05) is 35.9 Å². The number of amides is 1. The van der Waals surface area contributed by atoms with Gasteiger partial charge >= 0.3 is 5.97 Å². The maximum absolute atomic E-state index is 13.6. The fraction of sp³-hybridized carbons (Fsp3) is 0.281. The number of aliphatic hydroxyl groups excluding tert-OH is 1. The second-order valence-electron chi connectivity index (χ2n) is 9.61. The topological polar surface area (TPSA) is 102 Å². The highest BCUT2D eigenvalue weighted by Crippen LogP contribution is 2.44. The molecule has 208 valence electrons. The molecule has 1 aliphatic rings. The molecule has 1 saturated heterocycles. The van der Waals surface area contributed by atoms with E-state index in [4.69, 9.17) is 14.2 Å². The number of carbonyl (C=O) groups is 3. The van der Waals surface area contributed by atoms with E-state index in [-0.39, 0.29) is 28.6 Å². The van der Waals surface area contributed by atoms with E-state index >= 15 is 0 Å². The Kier molecular flexibility index (Phi) is 8.58. The van der Waals surface area contributed by atoms with Crippen molar-refractivity contribution >= 4 is 29.1 Å². The minimum absolute atomic E-state index is 0.0872. The van der Waals surface area contributed by atoms with Gasteiger partial charge in [0.1, 0.15) is 17.3 Å². The SMILES string of the molecule is CCOc1ccc(/C(O)=C2/C(=O)C(=O)N(c3cccc(C(=O)OC(C)C)c3)C2c2cccc(C)c2)c(OCC)c1. The monoisotopic (exact) mass is 543 g/mol. The molecular weight excluding hydrogens is 510 g/mol. The number of ketones is 1. The first-order chi connectivity index (χ1) is 19.2. The summed E-state index contributed by atoms with van der Waals surface area (Å²) in [6.07, 6.45) is -0.327. The zero-order valence-corrected chi connectivity index (χ0v) is 23.3. The normalized spacial score (nSPS) is 16.4. The van der Waals surface area contributed by atoms with Gasteiger partial charge in [-0.05, 0) is 70.5 Å². The number of aliphatic hydroxyl groups is 1. The van der Waals surface area contributed by atoms with Crippen LogP contribution in [0.5, 0.6) is 11.5 Å². The van der Waals surface area contributed by atoms with Crippen LogP contribution in [0, 0.1) is 6.92 Å². The van der Waals surface area contributed by atoms with Gasteiger partial charge in [-0.3, -0.25) is 14.5 Å². The molecule has 1 N–H and O–H groups in total. The second kappa shape index (κ2) is 12.1. The van der Waals surface area contributed by atoms with Crippen LogP contribution in [0.25, 0.3) is 5.76 Å². The molecule has 8 heteroatoms. The summed E-state index contributed by atoms with van der Waals surface area (Å²) in [4.78, 5) is 41.1. The Hall–Kier alpha value is -4.59. The molecule has 3 aromatic carbocycles. The van der Waals surface area contributed by atoms with E-state index in [2.05, 4.69) is 0 Å². The average Bonchev–Trinajstić information content (AvgIpc) is 3.19. The number of benzene rings is 3. The van der Waals surface area contributed by atoms with Gasteiger partial charge in [0, 0.05) is 11.8 Å². The minimum Gasteiger partial charge on any atom is -0.507 e. The molecule has 1 unspecified atom stereocenters. The van der Waals surface area contributed by atoms with Gasteiger partial charge in [0.05, 0.1) is 42.1 Å². The largest absolute Gasteiger partial charge is 0.507 e. The summed E-state index contributed by atoms with van der Waals surface area (Å²) >= 11 is 0. The Labute approximate surface area is 233 Å². The van der Waals surface area contributed by atoms with Gasteiger partial charge < -0.3 is 19.3 Å². The first-order valence-electron chi connectivity index (χ1n) is 13.2. The molecule has 0 saturated carbocycles. The van der Waals surface area contributed by atoms with Crippen molar-refractivity contribution in [3.8, 4) is 11.5 Å². The number of nitrogens with zero attached hydrogens (tertiary/aromatic N) is 1. The first kappa shape index (κ1) is 28.4. The van der Waals surface area contributed by atoms with Crippen LogP contribution in [0.4, 0.5) is 5.69 Å². The van der Waals surface area contributed by atoms with E-state index in [1.165, 1.54) is 11.0 Å². The molecular formula is C32H33NO7. The zero-order valence-electron chi connectivity index (χ0n) is 23.3. The van der Waals surface area contributed by atoms with Crippen molar-refractivity contribution < 1.29 is 33.7 Å². The Morgan fingerprint density at radius 1 is 0.950 bits per heavy atom. The maximum Gasteiger partial charge on any atom is 0.338 e. The lowest BCUT2D eigenvalue weighted by Gasteiger charge is -2.26. The number of anilines is 1. The smallest absolute Gasteiger partial charge is 0.338 e. The van der Waals surface area contributed by atoms with Crippen molar-refractivity contribution in [3.05, 3.63) is 94.6 Å². The van der Waals surface area contributed by atoms with Crippen LogP contribution >= 0.6 is 0 Å². The summed E-state index contributed by atoms with van der Waals surface area (Å²) in [5.74, 6) is -1.73.